The molecule has 1 spiro atoms. The number of hydrogen-bond acceptors (Lipinski definition) is 4. The summed E-state index contributed by atoms with van der Waals surface area (Å²) in [5.41, 5.74) is 0.326. The molecule has 0 radical (unpaired) electrons. The Bertz CT molecular complexity index is 703. The summed E-state index contributed by atoms with van der Waals surface area (Å²) in [6.07, 6.45) is 1.26. The molecule has 3 rings (SSSR count). The number of nitrogens with one attached hydrogen (secondary N) is 1. The third-order valence-electron chi connectivity index (χ3n) is 5.18. The van der Waals surface area contributed by atoms with Gasteiger partial charge in [-0.2, -0.15) is 0 Å². The van der Waals surface area contributed by atoms with Crippen molar-refractivity contribution in [2.24, 2.45) is 5.41 Å². The molecule has 2 aliphatic heterocycles. The Morgan fingerprint density at radius 3 is 2.42 bits per heavy atom. The van der Waals surface area contributed by atoms with Crippen molar-refractivity contribution >= 4 is 29.1 Å². The number of rotatable bonds is 3. The molecule has 1 aromatic carbocycles. The first kappa shape index (κ1) is 19.1. The first-order chi connectivity index (χ1) is 12.2. The minimum Gasteiger partial charge on any atom is -0.347 e. The normalized spacial score (nSPS) is 19.6. The Labute approximate surface area is 158 Å². The Morgan fingerprint density at radius 2 is 1.81 bits per heavy atom. The summed E-state index contributed by atoms with van der Waals surface area (Å²) in [7, 11) is 0. The van der Waals surface area contributed by atoms with Crippen LogP contribution >= 0.6 is 11.6 Å². The number of anilines is 1. The van der Waals surface area contributed by atoms with E-state index < -0.39 is 11.2 Å². The molecule has 0 aliphatic carbocycles. The van der Waals surface area contributed by atoms with E-state index in [2.05, 4.69) is 5.32 Å². The van der Waals surface area contributed by atoms with Crippen LogP contribution in [0.15, 0.2) is 18.2 Å². The third-order valence-corrected chi connectivity index (χ3v) is 5.41. The second-order valence-electron chi connectivity index (χ2n) is 7.44. The lowest BCUT2D eigenvalue weighted by molar-refractivity contribution is -0.189. The average Bonchev–Trinajstić information content (AvgIpc) is 3.06. The zero-order chi connectivity index (χ0) is 18.9. The molecule has 2 fully saturated rings. The lowest BCUT2D eigenvalue weighted by atomic mass is 9.88. The van der Waals surface area contributed by atoms with Crippen LogP contribution in [-0.4, -0.2) is 48.8 Å². The molecule has 6 nitrogen and oxygen atoms in total. The number of amides is 2. The molecule has 2 amide bonds. The number of carbonyl (C=O) groups is 2. The summed E-state index contributed by atoms with van der Waals surface area (Å²) in [5.74, 6) is -1.08. The van der Waals surface area contributed by atoms with Gasteiger partial charge in [-0.1, -0.05) is 17.7 Å². The Kier molecular flexibility index (Phi) is 5.28. The molecule has 2 aliphatic rings. The van der Waals surface area contributed by atoms with E-state index in [4.69, 9.17) is 21.1 Å². The number of ether oxygens (including phenoxy) is 2. The molecule has 0 unspecified atom stereocenters. The zero-order valence-corrected chi connectivity index (χ0v) is 16.2. The van der Waals surface area contributed by atoms with Crippen LogP contribution in [0.4, 0.5) is 5.69 Å². The molecular weight excluding hydrogens is 356 g/mol. The molecule has 142 valence electrons. The fourth-order valence-corrected chi connectivity index (χ4v) is 3.51. The highest BCUT2D eigenvalue weighted by Gasteiger charge is 2.45. The van der Waals surface area contributed by atoms with Crippen LogP contribution in [0.5, 0.6) is 0 Å². The smallest absolute Gasteiger partial charge is 0.239 e. The van der Waals surface area contributed by atoms with Gasteiger partial charge in [0.1, 0.15) is 5.41 Å². The second kappa shape index (κ2) is 7.18. The van der Waals surface area contributed by atoms with Crippen molar-refractivity contribution < 1.29 is 19.1 Å². The summed E-state index contributed by atoms with van der Waals surface area (Å²) < 4.78 is 11.4. The Hall–Kier alpha value is -1.63. The Morgan fingerprint density at radius 1 is 1.19 bits per heavy atom. The van der Waals surface area contributed by atoms with Gasteiger partial charge in [0.15, 0.2) is 5.79 Å². The minimum absolute atomic E-state index is 0.192. The van der Waals surface area contributed by atoms with Crippen molar-refractivity contribution in [2.75, 3.05) is 31.6 Å². The van der Waals surface area contributed by atoms with Gasteiger partial charge in [0.25, 0.3) is 0 Å². The van der Waals surface area contributed by atoms with Crippen LogP contribution in [0, 0.1) is 12.3 Å². The predicted molar refractivity (Wildman–Crippen MR) is 99.0 cm³/mol. The second-order valence-corrected chi connectivity index (χ2v) is 7.87. The van der Waals surface area contributed by atoms with Gasteiger partial charge in [0.2, 0.25) is 11.8 Å². The van der Waals surface area contributed by atoms with Gasteiger partial charge in [0.05, 0.1) is 13.2 Å². The minimum atomic E-state index is -1.18. The fraction of sp³-hybridized carbons (Fsp3) is 0.579. The fourth-order valence-electron chi connectivity index (χ4n) is 3.34. The van der Waals surface area contributed by atoms with Crippen LogP contribution in [0.1, 0.15) is 32.3 Å². The summed E-state index contributed by atoms with van der Waals surface area (Å²) in [4.78, 5) is 27.5. The summed E-state index contributed by atoms with van der Waals surface area (Å²) in [6, 6.07) is 5.28. The predicted octanol–water partition coefficient (Wildman–Crippen LogP) is 2.98. The van der Waals surface area contributed by atoms with E-state index in [1.807, 2.05) is 13.0 Å². The third kappa shape index (κ3) is 3.72. The number of carbonyl (C=O) groups excluding carboxylic acids is 2. The van der Waals surface area contributed by atoms with Crippen molar-refractivity contribution in [3.63, 3.8) is 0 Å². The van der Waals surface area contributed by atoms with Crippen LogP contribution in [0.3, 0.4) is 0 Å². The monoisotopic (exact) mass is 380 g/mol. The van der Waals surface area contributed by atoms with E-state index in [0.29, 0.717) is 49.9 Å². The summed E-state index contributed by atoms with van der Waals surface area (Å²) in [5, 5.41) is 3.37. The van der Waals surface area contributed by atoms with Gasteiger partial charge in [0, 0.05) is 36.6 Å². The molecule has 2 saturated heterocycles. The SMILES string of the molecule is Cc1ccc(Cl)cc1NC(=O)C(C)(C)C(=O)N1CCC2(CC1)OCCO2. The van der Waals surface area contributed by atoms with E-state index in [9.17, 15) is 9.59 Å². The van der Waals surface area contributed by atoms with Crippen molar-refractivity contribution in [1.29, 1.82) is 0 Å². The number of hydrogen-bond donors (Lipinski definition) is 1. The molecule has 1 N–H and O–H groups in total. The number of piperidine rings is 1. The maximum atomic E-state index is 13.0. The number of halogens is 1. The van der Waals surface area contributed by atoms with Gasteiger partial charge in [-0.05, 0) is 38.5 Å². The molecule has 0 atom stereocenters. The van der Waals surface area contributed by atoms with Gasteiger partial charge in [-0.3, -0.25) is 9.59 Å². The van der Waals surface area contributed by atoms with Crippen molar-refractivity contribution in [3.8, 4) is 0 Å². The number of aryl methyl sites for hydroxylation is 1. The zero-order valence-electron chi connectivity index (χ0n) is 15.4. The van der Waals surface area contributed by atoms with Crippen molar-refractivity contribution in [3.05, 3.63) is 28.8 Å². The molecule has 26 heavy (non-hydrogen) atoms. The number of nitrogens with zero attached hydrogens (tertiary/aromatic N) is 1. The average molecular weight is 381 g/mol. The molecule has 0 saturated carbocycles. The molecular formula is C19H25ClN2O4. The quantitative estimate of drug-likeness (QED) is 0.818. The highest BCUT2D eigenvalue weighted by atomic mass is 35.5. The molecule has 2 heterocycles. The first-order valence-electron chi connectivity index (χ1n) is 8.88. The summed E-state index contributed by atoms with van der Waals surface area (Å²) >= 11 is 6.01. The number of benzene rings is 1. The largest absolute Gasteiger partial charge is 0.347 e. The van der Waals surface area contributed by atoms with E-state index in [0.717, 1.165) is 5.56 Å². The van der Waals surface area contributed by atoms with E-state index in [1.165, 1.54) is 0 Å². The van der Waals surface area contributed by atoms with Gasteiger partial charge < -0.3 is 19.7 Å². The molecule has 0 aromatic heterocycles. The molecule has 7 heteroatoms. The lowest BCUT2D eigenvalue weighted by Gasteiger charge is -2.40. The van der Waals surface area contributed by atoms with Crippen molar-refractivity contribution in [1.82, 2.24) is 4.90 Å². The lowest BCUT2D eigenvalue weighted by Crippen LogP contribution is -2.53. The van der Waals surface area contributed by atoms with Crippen LogP contribution in [-0.2, 0) is 19.1 Å². The standard InChI is InChI=1S/C19H25ClN2O4/c1-13-4-5-14(20)12-15(13)21-16(23)18(2,3)17(24)22-8-6-19(7-9-22)25-10-11-26-19/h4-5,12H,6-11H2,1-3H3,(H,21,23). The topological polar surface area (TPSA) is 67.9 Å². The Balaban J connectivity index is 1.65. The van der Waals surface area contributed by atoms with Crippen LogP contribution < -0.4 is 5.32 Å². The van der Waals surface area contributed by atoms with E-state index in [1.54, 1.807) is 30.9 Å². The highest BCUT2D eigenvalue weighted by molar-refractivity contribution is 6.31. The van der Waals surface area contributed by atoms with E-state index >= 15 is 0 Å². The first-order valence-corrected chi connectivity index (χ1v) is 9.26. The van der Waals surface area contributed by atoms with Gasteiger partial charge >= 0.3 is 0 Å². The van der Waals surface area contributed by atoms with Crippen molar-refractivity contribution in [2.45, 2.75) is 39.4 Å². The van der Waals surface area contributed by atoms with Gasteiger partial charge in [-0.25, -0.2) is 0 Å². The van der Waals surface area contributed by atoms with Crippen LogP contribution in [0.25, 0.3) is 0 Å². The van der Waals surface area contributed by atoms with Crippen LogP contribution in [0.2, 0.25) is 5.02 Å². The van der Waals surface area contributed by atoms with E-state index in [-0.39, 0.29) is 11.8 Å². The highest BCUT2D eigenvalue weighted by Crippen LogP contribution is 2.33. The maximum absolute atomic E-state index is 13.0. The van der Waals surface area contributed by atoms with Gasteiger partial charge in [-0.15, -0.1) is 0 Å². The summed E-state index contributed by atoms with van der Waals surface area (Å²) in [6.45, 7) is 7.42. The molecule has 1 aromatic rings. The number of likely N-dealkylation sites (tertiary alicyclic amines) is 1. The maximum Gasteiger partial charge on any atom is 0.239 e. The molecule has 0 bridgehead atoms.